The van der Waals surface area contributed by atoms with Crippen LogP contribution in [0.1, 0.15) is 33.1 Å². The zero-order chi connectivity index (χ0) is 17.9. The van der Waals surface area contributed by atoms with Gasteiger partial charge in [-0.3, -0.25) is 20.2 Å². The molecule has 0 spiro atoms. The van der Waals surface area contributed by atoms with Gasteiger partial charge in [-0.15, -0.1) is 0 Å². The van der Waals surface area contributed by atoms with Gasteiger partial charge in [-0.05, 0) is 18.8 Å². The number of hydrogen-bond donors (Lipinski definition) is 4. The summed E-state index contributed by atoms with van der Waals surface area (Å²) in [7, 11) is 2.70. The van der Waals surface area contributed by atoms with Crippen LogP contribution in [-0.4, -0.2) is 48.0 Å². The first kappa shape index (κ1) is 20.6. The summed E-state index contributed by atoms with van der Waals surface area (Å²) in [4.78, 5) is 45.6. The van der Waals surface area contributed by atoms with Crippen molar-refractivity contribution in [2.45, 2.75) is 39.2 Å². The molecule has 1 fully saturated rings. The molecule has 4 N–H and O–H groups in total. The molecule has 0 heterocycles. The number of amides is 6. The molecule has 0 bridgehead atoms. The van der Waals surface area contributed by atoms with Crippen LogP contribution in [0.3, 0.4) is 0 Å². The highest BCUT2D eigenvalue weighted by Gasteiger charge is 2.23. The van der Waals surface area contributed by atoms with Gasteiger partial charge in [0, 0.05) is 24.8 Å². The highest BCUT2D eigenvalue weighted by molar-refractivity contribution is 8.76. The second kappa shape index (κ2) is 11.2. The van der Waals surface area contributed by atoms with Gasteiger partial charge in [0.2, 0.25) is 11.8 Å². The first-order valence-electron chi connectivity index (χ1n) is 7.79. The van der Waals surface area contributed by atoms with E-state index in [0.29, 0.717) is 18.7 Å². The molecule has 1 saturated carbocycles. The maximum absolute atomic E-state index is 11.5. The van der Waals surface area contributed by atoms with Crippen LogP contribution in [0.2, 0.25) is 0 Å². The summed E-state index contributed by atoms with van der Waals surface area (Å²) >= 11 is 0. The largest absolute Gasteiger partial charge is 0.337 e. The number of rotatable bonds is 9. The SMILES string of the molecule is CC(C)CC(=O)NC(=O)NCCSSCC(=O)NC(=O)NC1CC1. The zero-order valence-electron chi connectivity index (χ0n) is 13.8. The molecular formula is C14H24N4O4S2. The molecule has 0 atom stereocenters. The number of carbonyl (C=O) groups is 4. The summed E-state index contributed by atoms with van der Waals surface area (Å²) in [5, 5.41) is 9.74. The van der Waals surface area contributed by atoms with E-state index < -0.39 is 12.1 Å². The minimum absolute atomic E-state index is 0.155. The lowest BCUT2D eigenvalue weighted by molar-refractivity contribution is -0.120. The topological polar surface area (TPSA) is 116 Å². The summed E-state index contributed by atoms with van der Waals surface area (Å²) in [6.45, 7) is 4.18. The molecule has 136 valence electrons. The predicted molar refractivity (Wildman–Crippen MR) is 95.6 cm³/mol. The van der Waals surface area contributed by atoms with Crippen LogP contribution in [-0.2, 0) is 9.59 Å². The van der Waals surface area contributed by atoms with Gasteiger partial charge in [0.05, 0.1) is 5.75 Å². The summed E-state index contributed by atoms with van der Waals surface area (Å²) in [5.74, 6) is 0.281. The molecule has 0 unspecified atom stereocenters. The Bertz CT molecular complexity index is 436. The van der Waals surface area contributed by atoms with Gasteiger partial charge in [0.25, 0.3) is 0 Å². The van der Waals surface area contributed by atoms with Crippen LogP contribution in [0, 0.1) is 5.92 Å². The molecule has 1 aliphatic carbocycles. The Morgan fingerprint density at radius 2 is 1.67 bits per heavy atom. The Hall–Kier alpha value is -1.42. The van der Waals surface area contributed by atoms with Crippen molar-refractivity contribution in [3.05, 3.63) is 0 Å². The first-order valence-corrected chi connectivity index (χ1v) is 10.3. The van der Waals surface area contributed by atoms with Crippen molar-refractivity contribution in [3.8, 4) is 0 Å². The standard InChI is InChI=1S/C14H24N4O4S2/c1-9(2)7-11(19)17-13(21)15-5-6-23-24-8-12(20)18-14(22)16-10-3-4-10/h9-10H,3-8H2,1-2H3,(H2,15,17,19,21)(H2,16,18,20,22). The molecule has 8 nitrogen and oxygen atoms in total. The summed E-state index contributed by atoms with van der Waals surface area (Å²) in [6.07, 6.45) is 2.24. The number of imide groups is 2. The van der Waals surface area contributed by atoms with E-state index in [1.54, 1.807) is 0 Å². The minimum atomic E-state index is -0.513. The number of nitrogens with one attached hydrogen (secondary N) is 4. The lowest BCUT2D eigenvalue weighted by Gasteiger charge is -2.08. The molecule has 1 aliphatic rings. The number of hydrogen-bond acceptors (Lipinski definition) is 6. The first-order chi connectivity index (χ1) is 11.4. The average Bonchev–Trinajstić information content (AvgIpc) is 3.25. The Labute approximate surface area is 149 Å². The third-order valence-electron chi connectivity index (χ3n) is 2.76. The van der Waals surface area contributed by atoms with Crippen LogP contribution in [0.25, 0.3) is 0 Å². The van der Waals surface area contributed by atoms with Crippen LogP contribution in [0.15, 0.2) is 0 Å². The summed E-state index contributed by atoms with van der Waals surface area (Å²) in [5.41, 5.74) is 0. The Morgan fingerprint density at radius 1 is 1.00 bits per heavy atom. The normalized spacial score (nSPS) is 13.3. The van der Waals surface area contributed by atoms with Gasteiger partial charge in [0.15, 0.2) is 0 Å². The van der Waals surface area contributed by atoms with Gasteiger partial charge in [-0.1, -0.05) is 35.4 Å². The lowest BCUT2D eigenvalue weighted by Crippen LogP contribution is -2.41. The van der Waals surface area contributed by atoms with Gasteiger partial charge in [-0.25, -0.2) is 9.59 Å². The van der Waals surface area contributed by atoms with E-state index in [9.17, 15) is 19.2 Å². The Morgan fingerprint density at radius 3 is 2.29 bits per heavy atom. The van der Waals surface area contributed by atoms with Crippen molar-refractivity contribution in [1.82, 2.24) is 21.3 Å². The fourth-order valence-corrected chi connectivity index (χ4v) is 3.31. The quantitative estimate of drug-likeness (QED) is 0.355. The van der Waals surface area contributed by atoms with Crippen molar-refractivity contribution < 1.29 is 19.2 Å². The van der Waals surface area contributed by atoms with Crippen LogP contribution in [0.4, 0.5) is 9.59 Å². The maximum atomic E-state index is 11.5. The van der Waals surface area contributed by atoms with Gasteiger partial charge in [0.1, 0.15) is 0 Å². The third-order valence-corrected chi connectivity index (χ3v) is 5.03. The molecule has 0 aromatic rings. The molecule has 0 saturated heterocycles. The van der Waals surface area contributed by atoms with E-state index >= 15 is 0 Å². The molecule has 1 rings (SSSR count). The fourth-order valence-electron chi connectivity index (χ4n) is 1.56. The van der Waals surface area contributed by atoms with Gasteiger partial charge >= 0.3 is 12.1 Å². The molecule has 6 amide bonds. The third kappa shape index (κ3) is 11.2. The van der Waals surface area contributed by atoms with Crippen molar-refractivity contribution in [2.75, 3.05) is 18.1 Å². The molecule has 0 aromatic heterocycles. The lowest BCUT2D eigenvalue weighted by atomic mass is 10.1. The molecule has 0 aromatic carbocycles. The van der Waals surface area contributed by atoms with E-state index in [4.69, 9.17) is 0 Å². The van der Waals surface area contributed by atoms with Crippen molar-refractivity contribution in [3.63, 3.8) is 0 Å². The van der Waals surface area contributed by atoms with Crippen LogP contribution >= 0.6 is 21.6 Å². The molecule has 10 heteroatoms. The smallest absolute Gasteiger partial charge is 0.321 e. The predicted octanol–water partition coefficient (Wildman–Crippen LogP) is 1.23. The molecule has 0 radical (unpaired) electrons. The average molecular weight is 377 g/mol. The highest BCUT2D eigenvalue weighted by atomic mass is 33.1. The van der Waals surface area contributed by atoms with Gasteiger partial charge < -0.3 is 10.6 Å². The van der Waals surface area contributed by atoms with E-state index in [2.05, 4.69) is 21.3 Å². The van der Waals surface area contributed by atoms with E-state index in [1.165, 1.54) is 21.6 Å². The number of urea groups is 2. The minimum Gasteiger partial charge on any atom is -0.337 e. The van der Waals surface area contributed by atoms with E-state index in [-0.39, 0.29) is 29.5 Å². The van der Waals surface area contributed by atoms with Gasteiger partial charge in [-0.2, -0.15) is 0 Å². The fraction of sp³-hybridized carbons (Fsp3) is 0.714. The summed E-state index contributed by atoms with van der Waals surface area (Å²) < 4.78 is 0. The molecule has 0 aliphatic heterocycles. The highest BCUT2D eigenvalue weighted by Crippen LogP contribution is 2.20. The monoisotopic (exact) mass is 376 g/mol. The van der Waals surface area contributed by atoms with Crippen molar-refractivity contribution >= 4 is 45.5 Å². The zero-order valence-corrected chi connectivity index (χ0v) is 15.5. The van der Waals surface area contributed by atoms with Crippen molar-refractivity contribution in [2.24, 2.45) is 5.92 Å². The van der Waals surface area contributed by atoms with Crippen molar-refractivity contribution in [1.29, 1.82) is 0 Å². The molecular weight excluding hydrogens is 352 g/mol. The van der Waals surface area contributed by atoms with E-state index in [1.807, 2.05) is 13.8 Å². The maximum Gasteiger partial charge on any atom is 0.321 e. The Kier molecular flexibility index (Phi) is 9.62. The number of carbonyl (C=O) groups excluding carboxylic acids is 4. The molecule has 24 heavy (non-hydrogen) atoms. The second-order valence-corrected chi connectivity index (χ2v) is 8.36. The van der Waals surface area contributed by atoms with E-state index in [0.717, 1.165) is 12.8 Å². The summed E-state index contributed by atoms with van der Waals surface area (Å²) in [6, 6.07) is -0.747. The Balaban J connectivity index is 1.95. The van der Waals surface area contributed by atoms with Crippen LogP contribution in [0.5, 0.6) is 0 Å². The van der Waals surface area contributed by atoms with Crippen LogP contribution < -0.4 is 21.3 Å². The second-order valence-electron chi connectivity index (χ2n) is 5.78.